The molecular formula is C13H9BrF4N2O. The molecule has 0 atom stereocenters. The molecule has 0 fully saturated rings. The van der Waals surface area contributed by atoms with Crippen LogP contribution in [-0.2, 0) is 12.7 Å². The van der Waals surface area contributed by atoms with Crippen molar-refractivity contribution in [3.8, 4) is 0 Å². The molecule has 112 valence electrons. The predicted molar refractivity (Wildman–Crippen MR) is 71.4 cm³/mol. The van der Waals surface area contributed by atoms with Gasteiger partial charge in [0.1, 0.15) is 10.3 Å². The molecule has 1 aromatic heterocycles. The second kappa shape index (κ2) is 5.59. The SMILES string of the molecule is Cc1ncn(Cc2cccc(C(F)(F)F)c2F)c(=O)c1Br. The smallest absolute Gasteiger partial charge is 0.294 e. The first kappa shape index (κ1) is 15.7. The van der Waals surface area contributed by atoms with Crippen LogP contribution in [0.3, 0.4) is 0 Å². The first-order valence-corrected chi connectivity index (χ1v) is 6.57. The Hall–Kier alpha value is -1.70. The second-order valence-corrected chi connectivity index (χ2v) is 5.15. The Balaban J connectivity index is 2.47. The van der Waals surface area contributed by atoms with Crippen LogP contribution in [-0.4, -0.2) is 9.55 Å². The summed E-state index contributed by atoms with van der Waals surface area (Å²) in [6, 6.07) is 2.96. The van der Waals surface area contributed by atoms with Crippen LogP contribution in [0.4, 0.5) is 17.6 Å². The zero-order valence-corrected chi connectivity index (χ0v) is 12.3. The van der Waals surface area contributed by atoms with Gasteiger partial charge in [-0.25, -0.2) is 9.37 Å². The van der Waals surface area contributed by atoms with Crippen molar-refractivity contribution in [3.63, 3.8) is 0 Å². The Kier molecular flexibility index (Phi) is 4.18. The van der Waals surface area contributed by atoms with Crippen molar-refractivity contribution in [2.75, 3.05) is 0 Å². The molecule has 0 aliphatic rings. The topological polar surface area (TPSA) is 34.9 Å². The maximum Gasteiger partial charge on any atom is 0.419 e. The van der Waals surface area contributed by atoms with Crippen molar-refractivity contribution in [1.29, 1.82) is 0 Å². The lowest BCUT2D eigenvalue weighted by molar-refractivity contribution is -0.140. The van der Waals surface area contributed by atoms with Crippen LogP contribution in [0.2, 0.25) is 0 Å². The number of halogens is 5. The van der Waals surface area contributed by atoms with E-state index in [-0.39, 0.29) is 16.6 Å². The molecule has 3 nitrogen and oxygen atoms in total. The normalized spacial score (nSPS) is 11.7. The molecule has 8 heteroatoms. The molecule has 0 spiro atoms. The summed E-state index contributed by atoms with van der Waals surface area (Å²) in [5.41, 5.74) is -1.63. The van der Waals surface area contributed by atoms with Crippen molar-refractivity contribution >= 4 is 15.9 Å². The van der Waals surface area contributed by atoms with E-state index in [2.05, 4.69) is 20.9 Å². The first-order chi connectivity index (χ1) is 9.71. The highest BCUT2D eigenvalue weighted by atomic mass is 79.9. The molecule has 0 N–H and O–H groups in total. The van der Waals surface area contributed by atoms with E-state index in [1.54, 1.807) is 6.92 Å². The summed E-state index contributed by atoms with van der Waals surface area (Å²) >= 11 is 3.04. The zero-order chi connectivity index (χ0) is 15.8. The molecule has 0 saturated heterocycles. The molecule has 0 aliphatic carbocycles. The quantitative estimate of drug-likeness (QED) is 0.764. The number of aromatic nitrogens is 2. The van der Waals surface area contributed by atoms with Gasteiger partial charge in [-0.15, -0.1) is 0 Å². The van der Waals surface area contributed by atoms with E-state index in [1.165, 1.54) is 12.4 Å². The third kappa shape index (κ3) is 3.15. The Morgan fingerprint density at radius 2 is 2.00 bits per heavy atom. The van der Waals surface area contributed by atoms with Crippen LogP contribution in [0, 0.1) is 12.7 Å². The molecule has 2 rings (SSSR count). The van der Waals surface area contributed by atoms with Gasteiger partial charge in [-0.2, -0.15) is 13.2 Å². The van der Waals surface area contributed by atoms with E-state index in [0.717, 1.165) is 10.6 Å². The molecule has 0 bridgehead atoms. The van der Waals surface area contributed by atoms with E-state index < -0.39 is 23.1 Å². The van der Waals surface area contributed by atoms with Gasteiger partial charge in [-0.3, -0.25) is 9.36 Å². The van der Waals surface area contributed by atoms with Gasteiger partial charge in [-0.05, 0) is 28.9 Å². The van der Waals surface area contributed by atoms with Crippen molar-refractivity contribution < 1.29 is 17.6 Å². The Labute approximate surface area is 125 Å². The van der Waals surface area contributed by atoms with Crippen LogP contribution in [0.25, 0.3) is 0 Å². The lowest BCUT2D eigenvalue weighted by Crippen LogP contribution is -2.23. The van der Waals surface area contributed by atoms with Gasteiger partial charge in [0.15, 0.2) is 0 Å². The van der Waals surface area contributed by atoms with E-state index >= 15 is 0 Å². The van der Waals surface area contributed by atoms with E-state index in [4.69, 9.17) is 0 Å². The fraction of sp³-hybridized carbons (Fsp3) is 0.231. The Bertz CT molecular complexity index is 740. The number of aryl methyl sites for hydroxylation is 1. The average molecular weight is 365 g/mol. The van der Waals surface area contributed by atoms with Gasteiger partial charge < -0.3 is 0 Å². The van der Waals surface area contributed by atoms with E-state index in [0.29, 0.717) is 11.8 Å². The molecule has 2 aromatic rings. The van der Waals surface area contributed by atoms with Crippen LogP contribution >= 0.6 is 15.9 Å². The summed E-state index contributed by atoms with van der Waals surface area (Å²) in [6.07, 6.45) is -3.61. The largest absolute Gasteiger partial charge is 0.419 e. The minimum absolute atomic E-state index is 0.192. The van der Waals surface area contributed by atoms with Crippen LogP contribution in [0.15, 0.2) is 33.8 Å². The number of nitrogens with zero attached hydrogens (tertiary/aromatic N) is 2. The van der Waals surface area contributed by atoms with Gasteiger partial charge in [0.2, 0.25) is 0 Å². The van der Waals surface area contributed by atoms with Gasteiger partial charge in [0.05, 0.1) is 24.1 Å². The van der Waals surface area contributed by atoms with Crippen LogP contribution < -0.4 is 5.56 Å². The van der Waals surface area contributed by atoms with Gasteiger partial charge >= 0.3 is 6.18 Å². The van der Waals surface area contributed by atoms with Crippen LogP contribution in [0.5, 0.6) is 0 Å². The standard InChI is InChI=1S/C13H9BrF4N2O/c1-7-10(14)12(21)20(6-19-7)5-8-3-2-4-9(11(8)15)13(16,17)18/h2-4,6H,5H2,1H3. The lowest BCUT2D eigenvalue weighted by Gasteiger charge is -2.12. The van der Waals surface area contributed by atoms with Gasteiger partial charge in [0, 0.05) is 5.56 Å². The minimum Gasteiger partial charge on any atom is -0.294 e. The van der Waals surface area contributed by atoms with E-state index in [9.17, 15) is 22.4 Å². The molecular weight excluding hydrogens is 356 g/mol. The highest BCUT2D eigenvalue weighted by molar-refractivity contribution is 9.10. The third-order valence-corrected chi connectivity index (χ3v) is 3.79. The number of rotatable bonds is 2. The third-order valence-electron chi connectivity index (χ3n) is 2.88. The maximum absolute atomic E-state index is 13.9. The summed E-state index contributed by atoms with van der Waals surface area (Å²) in [6.45, 7) is 1.27. The summed E-state index contributed by atoms with van der Waals surface area (Å²) < 4.78 is 53.0. The minimum atomic E-state index is -4.78. The summed E-state index contributed by atoms with van der Waals surface area (Å²) in [4.78, 5) is 15.8. The zero-order valence-electron chi connectivity index (χ0n) is 10.7. The molecule has 0 radical (unpaired) electrons. The highest BCUT2D eigenvalue weighted by Gasteiger charge is 2.34. The summed E-state index contributed by atoms with van der Waals surface area (Å²) in [7, 11) is 0. The molecule has 21 heavy (non-hydrogen) atoms. The lowest BCUT2D eigenvalue weighted by atomic mass is 10.1. The number of hydrogen-bond donors (Lipinski definition) is 0. The molecule has 0 unspecified atom stereocenters. The second-order valence-electron chi connectivity index (χ2n) is 4.35. The molecule has 0 saturated carbocycles. The predicted octanol–water partition coefficient (Wildman–Crippen LogP) is 3.52. The molecule has 1 aromatic carbocycles. The van der Waals surface area contributed by atoms with Crippen LogP contribution in [0.1, 0.15) is 16.8 Å². The van der Waals surface area contributed by atoms with Crippen molar-refractivity contribution in [1.82, 2.24) is 9.55 Å². The van der Waals surface area contributed by atoms with Crippen molar-refractivity contribution in [2.24, 2.45) is 0 Å². The monoisotopic (exact) mass is 364 g/mol. The molecule has 0 amide bonds. The van der Waals surface area contributed by atoms with Gasteiger partial charge in [0.25, 0.3) is 5.56 Å². The van der Waals surface area contributed by atoms with Gasteiger partial charge in [-0.1, -0.05) is 12.1 Å². The molecule has 1 heterocycles. The van der Waals surface area contributed by atoms with E-state index in [1.807, 2.05) is 0 Å². The first-order valence-electron chi connectivity index (χ1n) is 5.78. The molecule has 0 aliphatic heterocycles. The number of hydrogen-bond acceptors (Lipinski definition) is 2. The summed E-state index contributed by atoms with van der Waals surface area (Å²) in [5, 5.41) is 0. The highest BCUT2D eigenvalue weighted by Crippen LogP contribution is 2.32. The number of alkyl halides is 3. The maximum atomic E-state index is 13.9. The Morgan fingerprint density at radius 3 is 2.62 bits per heavy atom. The average Bonchev–Trinajstić information content (AvgIpc) is 2.40. The fourth-order valence-corrected chi connectivity index (χ4v) is 2.09. The Morgan fingerprint density at radius 1 is 1.33 bits per heavy atom. The number of benzene rings is 1. The fourth-order valence-electron chi connectivity index (χ4n) is 1.76. The summed E-state index contributed by atoms with van der Waals surface area (Å²) in [5.74, 6) is -1.38. The van der Waals surface area contributed by atoms with Crippen molar-refractivity contribution in [3.05, 3.63) is 62.0 Å². The van der Waals surface area contributed by atoms with Crippen molar-refractivity contribution in [2.45, 2.75) is 19.6 Å².